The minimum Gasteiger partial charge on any atom is -0.464 e. The monoisotopic (exact) mass is 340 g/mol. The van der Waals surface area contributed by atoms with Crippen molar-refractivity contribution >= 4 is 23.6 Å². The molecule has 2 saturated heterocycles. The Morgan fingerprint density at radius 3 is 2.87 bits per heavy atom. The second-order valence-electron chi connectivity index (χ2n) is 7.13. The molecule has 0 bridgehead atoms. The highest BCUT2D eigenvalue weighted by Gasteiger charge is 2.39. The van der Waals surface area contributed by atoms with E-state index in [0.29, 0.717) is 17.3 Å². The topological polar surface area (TPSA) is 67.4 Å². The number of fused-ring (bicyclic) bond motifs is 1. The second kappa shape index (κ2) is 7.43. The van der Waals surface area contributed by atoms with E-state index in [4.69, 9.17) is 4.74 Å². The van der Waals surface area contributed by atoms with Gasteiger partial charge in [-0.1, -0.05) is 19.8 Å². The average molecular weight is 340 g/mol. The van der Waals surface area contributed by atoms with E-state index >= 15 is 0 Å². The summed E-state index contributed by atoms with van der Waals surface area (Å²) in [5, 5.41) is 6.70. The summed E-state index contributed by atoms with van der Waals surface area (Å²) >= 11 is 1.65. The fourth-order valence-electron chi connectivity index (χ4n) is 4.05. The van der Waals surface area contributed by atoms with Crippen molar-refractivity contribution in [2.75, 3.05) is 6.61 Å². The van der Waals surface area contributed by atoms with E-state index in [1.165, 1.54) is 19.3 Å². The molecule has 5 nitrogen and oxygen atoms in total. The molecule has 3 rings (SSSR count). The predicted molar refractivity (Wildman–Crippen MR) is 91.0 cm³/mol. The molecule has 3 aliphatic rings. The molecule has 0 aromatic heterocycles. The van der Waals surface area contributed by atoms with Crippen LogP contribution in [-0.4, -0.2) is 41.2 Å². The van der Waals surface area contributed by atoms with Crippen LogP contribution in [0.15, 0.2) is 0 Å². The maximum atomic E-state index is 12.3. The minimum absolute atomic E-state index is 0.0673. The number of piperidine rings is 1. The lowest BCUT2D eigenvalue weighted by atomic mass is 9.76. The molecule has 1 aliphatic carbocycles. The maximum Gasteiger partial charge on any atom is 0.320 e. The van der Waals surface area contributed by atoms with Crippen molar-refractivity contribution in [3.05, 3.63) is 0 Å². The quantitative estimate of drug-likeness (QED) is 0.767. The van der Waals surface area contributed by atoms with Crippen LogP contribution < -0.4 is 10.6 Å². The zero-order chi connectivity index (χ0) is 16.4. The summed E-state index contributed by atoms with van der Waals surface area (Å²) in [4.78, 5) is 24.6. The Hall–Kier alpha value is -0.750. The number of ether oxygens (including phenoxy) is 1. The Balaban J connectivity index is 1.49. The van der Waals surface area contributed by atoms with E-state index in [1.54, 1.807) is 11.8 Å². The summed E-state index contributed by atoms with van der Waals surface area (Å²) in [7, 11) is 0. The van der Waals surface area contributed by atoms with E-state index < -0.39 is 0 Å². The summed E-state index contributed by atoms with van der Waals surface area (Å²) in [6.45, 7) is 4.36. The van der Waals surface area contributed by atoms with Crippen molar-refractivity contribution in [2.24, 2.45) is 11.8 Å². The van der Waals surface area contributed by atoms with Crippen molar-refractivity contribution in [1.29, 1.82) is 0 Å². The smallest absolute Gasteiger partial charge is 0.320 e. The van der Waals surface area contributed by atoms with Crippen molar-refractivity contribution in [3.63, 3.8) is 0 Å². The lowest BCUT2D eigenvalue weighted by Crippen LogP contribution is -2.51. The SMILES string of the molecule is CCC1NC(C)C(C(=O)OCC2CC3CCCCC3NC2=O)S1. The zero-order valence-electron chi connectivity index (χ0n) is 14.0. The van der Waals surface area contributed by atoms with Crippen molar-refractivity contribution < 1.29 is 14.3 Å². The van der Waals surface area contributed by atoms with Gasteiger partial charge in [0.15, 0.2) is 0 Å². The predicted octanol–water partition coefficient (Wildman–Crippen LogP) is 2.05. The number of carbonyl (C=O) groups is 2. The number of carbonyl (C=O) groups excluding carboxylic acids is 2. The Morgan fingerprint density at radius 1 is 1.35 bits per heavy atom. The van der Waals surface area contributed by atoms with Gasteiger partial charge in [0.25, 0.3) is 0 Å². The fourth-order valence-corrected chi connectivity index (χ4v) is 5.38. The highest BCUT2D eigenvalue weighted by Crippen LogP contribution is 2.34. The van der Waals surface area contributed by atoms with Crippen LogP contribution in [0.3, 0.4) is 0 Å². The van der Waals surface area contributed by atoms with Gasteiger partial charge < -0.3 is 15.4 Å². The molecule has 1 saturated carbocycles. The third-order valence-electron chi connectivity index (χ3n) is 5.44. The molecular formula is C17H28N2O3S. The number of amides is 1. The molecule has 23 heavy (non-hydrogen) atoms. The Kier molecular flexibility index (Phi) is 5.52. The number of thioether (sulfide) groups is 1. The van der Waals surface area contributed by atoms with Crippen LogP contribution in [0.2, 0.25) is 0 Å². The summed E-state index contributed by atoms with van der Waals surface area (Å²) in [5.74, 6) is 0.285. The Labute approximate surface area is 142 Å². The molecule has 3 fully saturated rings. The van der Waals surface area contributed by atoms with Crippen LogP contribution in [0.1, 0.15) is 52.4 Å². The molecular weight excluding hydrogens is 312 g/mol. The van der Waals surface area contributed by atoms with Crippen LogP contribution in [0.25, 0.3) is 0 Å². The van der Waals surface area contributed by atoms with Crippen LogP contribution in [0.5, 0.6) is 0 Å². The van der Waals surface area contributed by atoms with E-state index in [-0.39, 0.29) is 35.7 Å². The van der Waals surface area contributed by atoms with Gasteiger partial charge in [-0.25, -0.2) is 0 Å². The van der Waals surface area contributed by atoms with Gasteiger partial charge in [0.05, 0.1) is 11.3 Å². The first-order chi connectivity index (χ1) is 11.1. The third kappa shape index (κ3) is 3.85. The molecule has 0 aromatic rings. The van der Waals surface area contributed by atoms with E-state index in [9.17, 15) is 9.59 Å². The van der Waals surface area contributed by atoms with Crippen LogP contribution in [0.4, 0.5) is 0 Å². The Bertz CT molecular complexity index is 459. The molecule has 6 unspecified atom stereocenters. The van der Waals surface area contributed by atoms with Crippen LogP contribution >= 0.6 is 11.8 Å². The minimum atomic E-state index is -0.176. The first-order valence-electron chi connectivity index (χ1n) is 8.97. The largest absolute Gasteiger partial charge is 0.464 e. The zero-order valence-corrected chi connectivity index (χ0v) is 14.9. The first-order valence-corrected chi connectivity index (χ1v) is 9.91. The van der Waals surface area contributed by atoms with Gasteiger partial charge in [-0.3, -0.25) is 9.59 Å². The number of hydrogen-bond donors (Lipinski definition) is 2. The molecule has 6 heteroatoms. The van der Waals surface area contributed by atoms with Crippen molar-refractivity contribution in [3.8, 4) is 0 Å². The molecule has 6 atom stereocenters. The lowest BCUT2D eigenvalue weighted by Gasteiger charge is -2.39. The van der Waals surface area contributed by atoms with Gasteiger partial charge in [0.2, 0.25) is 5.91 Å². The molecule has 0 radical (unpaired) electrons. The highest BCUT2D eigenvalue weighted by atomic mass is 32.2. The molecule has 0 spiro atoms. The molecule has 2 heterocycles. The van der Waals surface area contributed by atoms with Gasteiger partial charge in [-0.2, -0.15) is 0 Å². The molecule has 130 valence electrons. The number of esters is 1. The first kappa shape index (κ1) is 17.1. The third-order valence-corrected chi connectivity index (χ3v) is 7.13. The molecule has 0 aromatic carbocycles. The molecule has 2 aliphatic heterocycles. The summed E-state index contributed by atoms with van der Waals surface area (Å²) in [6, 6.07) is 0.475. The fraction of sp³-hybridized carbons (Fsp3) is 0.882. The summed E-state index contributed by atoms with van der Waals surface area (Å²) in [6.07, 6.45) is 6.61. The average Bonchev–Trinajstić information content (AvgIpc) is 2.93. The summed E-state index contributed by atoms with van der Waals surface area (Å²) < 4.78 is 5.52. The second-order valence-corrected chi connectivity index (χ2v) is 8.48. The summed E-state index contributed by atoms with van der Waals surface area (Å²) in [5.41, 5.74) is 0. The normalized spacial score (nSPS) is 40.3. The lowest BCUT2D eigenvalue weighted by molar-refractivity contribution is -0.147. The molecule has 1 amide bonds. The van der Waals surface area contributed by atoms with Gasteiger partial charge in [-0.05, 0) is 38.5 Å². The van der Waals surface area contributed by atoms with Crippen LogP contribution in [0, 0.1) is 11.8 Å². The van der Waals surface area contributed by atoms with Crippen LogP contribution in [-0.2, 0) is 14.3 Å². The Morgan fingerprint density at radius 2 is 2.13 bits per heavy atom. The molecule has 2 N–H and O–H groups in total. The highest BCUT2D eigenvalue weighted by molar-refractivity contribution is 8.01. The van der Waals surface area contributed by atoms with Gasteiger partial charge in [-0.15, -0.1) is 11.8 Å². The number of hydrogen-bond acceptors (Lipinski definition) is 5. The standard InChI is InChI=1S/C17H28N2O3S/c1-3-14-18-10(2)15(23-14)17(21)22-9-12-8-11-6-4-5-7-13(11)19-16(12)20/h10-15,18H,3-9H2,1-2H3,(H,19,20). The van der Waals surface area contributed by atoms with E-state index in [0.717, 1.165) is 19.3 Å². The van der Waals surface area contributed by atoms with E-state index in [2.05, 4.69) is 17.6 Å². The van der Waals surface area contributed by atoms with Crippen molar-refractivity contribution in [2.45, 2.75) is 75.1 Å². The van der Waals surface area contributed by atoms with Gasteiger partial charge in [0.1, 0.15) is 11.9 Å². The van der Waals surface area contributed by atoms with Gasteiger partial charge in [0, 0.05) is 12.1 Å². The number of rotatable bonds is 4. The van der Waals surface area contributed by atoms with Gasteiger partial charge >= 0.3 is 5.97 Å². The van der Waals surface area contributed by atoms with Crippen molar-refractivity contribution in [1.82, 2.24) is 10.6 Å². The number of nitrogens with one attached hydrogen (secondary N) is 2. The maximum absolute atomic E-state index is 12.3. The van der Waals surface area contributed by atoms with E-state index in [1.807, 2.05) is 6.92 Å².